The summed E-state index contributed by atoms with van der Waals surface area (Å²) < 4.78 is 41.7. The minimum absolute atomic E-state index is 0.152. The number of amides is 1. The Hall–Kier alpha value is -1.47. The maximum absolute atomic E-state index is 12.1. The highest BCUT2D eigenvalue weighted by atomic mass is 35.5. The van der Waals surface area contributed by atoms with Gasteiger partial charge in [0.15, 0.2) is 6.61 Å². The van der Waals surface area contributed by atoms with E-state index in [1.54, 1.807) is 18.2 Å². The van der Waals surface area contributed by atoms with Gasteiger partial charge in [-0.3, -0.25) is 9.69 Å². The molecule has 0 aliphatic heterocycles. The van der Waals surface area contributed by atoms with Gasteiger partial charge in [-0.2, -0.15) is 13.2 Å². The summed E-state index contributed by atoms with van der Waals surface area (Å²) in [4.78, 5) is 12.8. The molecule has 1 rings (SSSR count). The van der Waals surface area contributed by atoms with Crippen LogP contribution in [-0.4, -0.2) is 50.3 Å². The third-order valence-electron chi connectivity index (χ3n) is 2.98. The van der Waals surface area contributed by atoms with Crippen LogP contribution in [0.15, 0.2) is 18.2 Å². The average Bonchev–Trinajstić information content (AvgIpc) is 2.40. The summed E-state index contributed by atoms with van der Waals surface area (Å²) >= 11 is 5.82. The Kier molecular flexibility index (Phi) is 7.64. The van der Waals surface area contributed by atoms with E-state index in [4.69, 9.17) is 16.3 Å². The number of benzene rings is 1. The number of nitrogens with one attached hydrogen (secondary N) is 1. The van der Waals surface area contributed by atoms with Crippen LogP contribution in [0.3, 0.4) is 0 Å². The Labute approximate surface area is 138 Å². The number of hydrogen-bond donors (Lipinski definition) is 1. The maximum atomic E-state index is 12.1. The number of carbonyl (C=O) groups excluding carboxylic acids is 1. The minimum atomic E-state index is -4.21. The number of halogens is 4. The van der Waals surface area contributed by atoms with Crippen molar-refractivity contribution in [1.82, 2.24) is 10.2 Å². The molecule has 1 aromatic rings. The molecule has 0 radical (unpaired) electrons. The monoisotopic (exact) mass is 352 g/mol. The Bertz CT molecular complexity index is 524. The smallest absolute Gasteiger partial charge is 0.401 e. The van der Waals surface area contributed by atoms with Gasteiger partial charge in [0.2, 0.25) is 0 Å². The summed E-state index contributed by atoms with van der Waals surface area (Å²) in [6.07, 6.45) is -3.78. The van der Waals surface area contributed by atoms with Crippen LogP contribution in [-0.2, 0) is 4.79 Å². The van der Waals surface area contributed by atoms with Crippen LogP contribution in [0, 0.1) is 6.92 Å². The van der Waals surface area contributed by atoms with Gasteiger partial charge < -0.3 is 10.1 Å². The second-order valence-electron chi connectivity index (χ2n) is 5.25. The predicted molar refractivity (Wildman–Crippen MR) is 82.9 cm³/mol. The van der Waals surface area contributed by atoms with E-state index < -0.39 is 12.7 Å². The second kappa shape index (κ2) is 8.98. The fourth-order valence-electron chi connectivity index (χ4n) is 1.93. The SMILES string of the molecule is Cc1cc(Cl)ccc1OCC(=O)NCCCN(C)CC(F)(F)F. The number of carbonyl (C=O) groups is 1. The van der Waals surface area contributed by atoms with Crippen molar-refractivity contribution >= 4 is 17.5 Å². The Morgan fingerprint density at radius 1 is 1.39 bits per heavy atom. The molecule has 0 saturated carbocycles. The van der Waals surface area contributed by atoms with Gasteiger partial charge >= 0.3 is 6.18 Å². The average molecular weight is 353 g/mol. The highest BCUT2D eigenvalue weighted by Gasteiger charge is 2.28. The van der Waals surface area contributed by atoms with E-state index in [1.807, 2.05) is 6.92 Å². The lowest BCUT2D eigenvalue weighted by molar-refractivity contribution is -0.143. The van der Waals surface area contributed by atoms with E-state index in [-0.39, 0.29) is 19.1 Å². The number of aryl methyl sites for hydroxylation is 1. The van der Waals surface area contributed by atoms with Crippen molar-refractivity contribution in [1.29, 1.82) is 0 Å². The molecule has 0 aliphatic rings. The number of alkyl halides is 3. The molecule has 0 fully saturated rings. The van der Waals surface area contributed by atoms with E-state index in [0.717, 1.165) is 5.56 Å². The van der Waals surface area contributed by atoms with Crippen molar-refractivity contribution in [2.24, 2.45) is 0 Å². The first kappa shape index (κ1) is 19.6. The van der Waals surface area contributed by atoms with Crippen LogP contribution in [0.4, 0.5) is 13.2 Å². The van der Waals surface area contributed by atoms with Crippen molar-refractivity contribution < 1.29 is 22.7 Å². The summed E-state index contributed by atoms with van der Waals surface area (Å²) in [6, 6.07) is 5.07. The highest BCUT2D eigenvalue weighted by molar-refractivity contribution is 6.30. The summed E-state index contributed by atoms with van der Waals surface area (Å²) in [5.74, 6) is 0.243. The first-order valence-electron chi connectivity index (χ1n) is 7.08. The van der Waals surface area contributed by atoms with E-state index in [1.165, 1.54) is 11.9 Å². The molecule has 0 aliphatic carbocycles. The quantitative estimate of drug-likeness (QED) is 0.731. The molecule has 1 amide bonds. The van der Waals surface area contributed by atoms with E-state index in [0.29, 0.717) is 23.7 Å². The van der Waals surface area contributed by atoms with Gasteiger partial charge in [-0.1, -0.05) is 11.6 Å². The van der Waals surface area contributed by atoms with Crippen LogP contribution in [0.1, 0.15) is 12.0 Å². The normalized spacial score (nSPS) is 11.6. The van der Waals surface area contributed by atoms with Crippen LogP contribution < -0.4 is 10.1 Å². The zero-order chi connectivity index (χ0) is 17.5. The van der Waals surface area contributed by atoms with Gasteiger partial charge in [0.05, 0.1) is 6.54 Å². The van der Waals surface area contributed by atoms with E-state index in [2.05, 4.69) is 5.32 Å². The number of hydrogen-bond acceptors (Lipinski definition) is 3. The van der Waals surface area contributed by atoms with Crippen LogP contribution in [0.25, 0.3) is 0 Å². The Morgan fingerprint density at radius 3 is 2.70 bits per heavy atom. The fraction of sp³-hybridized carbons (Fsp3) is 0.533. The van der Waals surface area contributed by atoms with Crippen molar-refractivity contribution in [2.45, 2.75) is 19.5 Å². The van der Waals surface area contributed by atoms with Crippen LogP contribution >= 0.6 is 11.6 Å². The molecule has 1 aromatic carbocycles. The molecule has 0 heterocycles. The molecule has 0 bridgehead atoms. The van der Waals surface area contributed by atoms with Crippen molar-refractivity contribution in [3.8, 4) is 5.75 Å². The zero-order valence-corrected chi connectivity index (χ0v) is 13.8. The number of ether oxygens (including phenoxy) is 1. The van der Waals surface area contributed by atoms with Crippen LogP contribution in [0.2, 0.25) is 5.02 Å². The molecule has 1 N–H and O–H groups in total. The molecular formula is C15H20ClF3N2O2. The van der Waals surface area contributed by atoms with Crippen molar-refractivity contribution in [3.63, 3.8) is 0 Å². The first-order chi connectivity index (χ1) is 10.7. The number of rotatable bonds is 8. The predicted octanol–water partition coefficient (Wildman–Crippen LogP) is 3.03. The van der Waals surface area contributed by atoms with Crippen molar-refractivity contribution in [2.75, 3.05) is 33.3 Å². The Morgan fingerprint density at radius 2 is 2.09 bits per heavy atom. The standard InChI is InChI=1S/C15H20ClF3N2O2/c1-11-8-12(16)4-5-13(11)23-9-14(22)20-6-3-7-21(2)10-15(17,18)19/h4-5,8H,3,6-7,9-10H2,1-2H3,(H,20,22). The Balaban J connectivity index is 2.20. The third kappa shape index (κ3) is 8.66. The van der Waals surface area contributed by atoms with Gasteiger partial charge in [-0.15, -0.1) is 0 Å². The van der Waals surface area contributed by atoms with Crippen molar-refractivity contribution in [3.05, 3.63) is 28.8 Å². The molecule has 23 heavy (non-hydrogen) atoms. The van der Waals surface area contributed by atoms with Gasteiger partial charge in [-0.25, -0.2) is 0 Å². The summed E-state index contributed by atoms with van der Waals surface area (Å²) in [5.41, 5.74) is 0.819. The lowest BCUT2D eigenvalue weighted by atomic mass is 10.2. The molecule has 130 valence electrons. The molecule has 0 aromatic heterocycles. The molecule has 8 heteroatoms. The largest absolute Gasteiger partial charge is 0.484 e. The lowest BCUT2D eigenvalue weighted by Gasteiger charge is -2.18. The minimum Gasteiger partial charge on any atom is -0.484 e. The number of nitrogens with zero attached hydrogens (tertiary/aromatic N) is 1. The van der Waals surface area contributed by atoms with Gasteiger partial charge in [-0.05, 0) is 50.7 Å². The molecule has 0 saturated heterocycles. The molecule has 0 atom stereocenters. The molecular weight excluding hydrogens is 333 g/mol. The molecule has 0 unspecified atom stereocenters. The maximum Gasteiger partial charge on any atom is 0.401 e. The van der Waals surface area contributed by atoms with Crippen LogP contribution in [0.5, 0.6) is 5.75 Å². The lowest BCUT2D eigenvalue weighted by Crippen LogP contribution is -2.35. The third-order valence-corrected chi connectivity index (χ3v) is 3.22. The zero-order valence-electron chi connectivity index (χ0n) is 13.0. The highest BCUT2D eigenvalue weighted by Crippen LogP contribution is 2.21. The second-order valence-corrected chi connectivity index (χ2v) is 5.69. The first-order valence-corrected chi connectivity index (χ1v) is 7.46. The van der Waals surface area contributed by atoms with Gasteiger partial charge in [0.25, 0.3) is 5.91 Å². The van der Waals surface area contributed by atoms with Gasteiger partial charge in [0, 0.05) is 11.6 Å². The topological polar surface area (TPSA) is 41.6 Å². The van der Waals surface area contributed by atoms with E-state index >= 15 is 0 Å². The molecule has 4 nitrogen and oxygen atoms in total. The van der Waals surface area contributed by atoms with E-state index in [9.17, 15) is 18.0 Å². The summed E-state index contributed by atoms with van der Waals surface area (Å²) in [7, 11) is 1.39. The summed E-state index contributed by atoms with van der Waals surface area (Å²) in [6.45, 7) is 1.25. The fourth-order valence-corrected chi connectivity index (χ4v) is 2.16. The molecule has 0 spiro atoms. The summed E-state index contributed by atoms with van der Waals surface area (Å²) in [5, 5.41) is 3.19. The van der Waals surface area contributed by atoms with Gasteiger partial charge in [0.1, 0.15) is 5.75 Å².